The fourth-order valence-corrected chi connectivity index (χ4v) is 3.59. The van der Waals surface area contributed by atoms with E-state index in [9.17, 15) is 22.4 Å². The van der Waals surface area contributed by atoms with Crippen molar-refractivity contribution in [2.45, 2.75) is 11.8 Å². The summed E-state index contributed by atoms with van der Waals surface area (Å²) in [5.74, 6) is -1.77. The maximum absolute atomic E-state index is 13.7. The first-order valence-electron chi connectivity index (χ1n) is 8.81. The quantitative estimate of drug-likeness (QED) is 0.545. The molecule has 3 aromatic rings. The lowest BCUT2D eigenvalue weighted by atomic mass is 10.2. The van der Waals surface area contributed by atoms with Crippen LogP contribution in [0.25, 0.3) is 0 Å². The molecule has 0 atom stereocenters. The third-order valence-corrected chi connectivity index (χ3v) is 5.54. The lowest BCUT2D eigenvalue weighted by Crippen LogP contribution is -2.41. The first kappa shape index (κ1) is 21.0. The van der Waals surface area contributed by atoms with Crippen LogP contribution in [0.15, 0.2) is 77.7 Å². The number of hydrogen-bond donors (Lipinski definition) is 3. The van der Waals surface area contributed by atoms with E-state index in [1.807, 2.05) is 0 Å². The largest absolute Gasteiger partial charge is 0.280 e. The van der Waals surface area contributed by atoms with Crippen LogP contribution < -0.4 is 15.6 Å². The monoisotopic (exact) mass is 427 g/mol. The molecule has 3 N–H and O–H groups in total. The molecule has 2 amide bonds. The molecule has 9 heteroatoms. The van der Waals surface area contributed by atoms with Crippen molar-refractivity contribution in [1.29, 1.82) is 0 Å². The number of rotatable bonds is 5. The van der Waals surface area contributed by atoms with Gasteiger partial charge in [0.05, 0.1) is 4.90 Å². The molecule has 0 saturated carbocycles. The van der Waals surface area contributed by atoms with Crippen molar-refractivity contribution in [2.24, 2.45) is 0 Å². The van der Waals surface area contributed by atoms with Gasteiger partial charge < -0.3 is 0 Å². The van der Waals surface area contributed by atoms with E-state index in [1.165, 1.54) is 43.3 Å². The van der Waals surface area contributed by atoms with E-state index in [1.54, 1.807) is 30.3 Å². The molecule has 154 valence electrons. The average Bonchev–Trinajstić information content (AvgIpc) is 2.74. The molecule has 3 rings (SSSR count). The Hall–Kier alpha value is -3.72. The summed E-state index contributed by atoms with van der Waals surface area (Å²) >= 11 is 0. The predicted molar refractivity (Wildman–Crippen MR) is 110 cm³/mol. The summed E-state index contributed by atoms with van der Waals surface area (Å²) in [6, 6.07) is 17.6. The molecule has 30 heavy (non-hydrogen) atoms. The van der Waals surface area contributed by atoms with Crippen molar-refractivity contribution in [2.75, 3.05) is 4.72 Å². The van der Waals surface area contributed by atoms with Crippen molar-refractivity contribution in [3.05, 3.63) is 95.3 Å². The zero-order chi connectivity index (χ0) is 21.7. The Morgan fingerprint density at radius 2 is 1.43 bits per heavy atom. The van der Waals surface area contributed by atoms with E-state index < -0.39 is 27.7 Å². The van der Waals surface area contributed by atoms with Gasteiger partial charge in [-0.05, 0) is 55.0 Å². The highest BCUT2D eigenvalue weighted by Gasteiger charge is 2.17. The highest BCUT2D eigenvalue weighted by Crippen LogP contribution is 2.19. The molecule has 0 saturated heterocycles. The second-order valence-corrected chi connectivity index (χ2v) is 8.05. The third-order valence-electron chi connectivity index (χ3n) is 4.16. The van der Waals surface area contributed by atoms with Gasteiger partial charge in [-0.25, -0.2) is 12.8 Å². The Labute approximate surface area is 173 Å². The van der Waals surface area contributed by atoms with Gasteiger partial charge in [0, 0.05) is 16.8 Å². The van der Waals surface area contributed by atoms with Crippen molar-refractivity contribution in [3.8, 4) is 0 Å². The Morgan fingerprint density at radius 1 is 0.800 bits per heavy atom. The Balaban J connectivity index is 1.70. The number of anilines is 1. The van der Waals surface area contributed by atoms with Crippen LogP contribution in [0.1, 0.15) is 26.3 Å². The standard InChI is InChI=1S/C21H18FN3O4S/c1-14-10-11-18(13-19(14)22)30(28,29)25-17-9-5-8-16(12-17)21(27)24-23-20(26)15-6-3-2-4-7-15/h2-13,25H,1H3,(H,23,26)(H,24,27). The van der Waals surface area contributed by atoms with Crippen molar-refractivity contribution in [1.82, 2.24) is 10.9 Å². The summed E-state index contributed by atoms with van der Waals surface area (Å²) in [5, 5.41) is 0. The van der Waals surface area contributed by atoms with Gasteiger partial charge >= 0.3 is 0 Å². The number of amides is 2. The number of hydrogen-bond acceptors (Lipinski definition) is 4. The normalized spacial score (nSPS) is 10.9. The minimum atomic E-state index is -4.05. The summed E-state index contributed by atoms with van der Waals surface area (Å²) in [7, 11) is -4.05. The molecule has 0 unspecified atom stereocenters. The van der Waals surface area contributed by atoms with E-state index in [4.69, 9.17) is 0 Å². The first-order chi connectivity index (χ1) is 14.3. The number of carbonyl (C=O) groups is 2. The molecule has 0 radical (unpaired) electrons. The molecule has 7 nitrogen and oxygen atoms in total. The minimum absolute atomic E-state index is 0.109. The Kier molecular flexibility index (Phi) is 6.12. The molecule has 3 aromatic carbocycles. The van der Waals surface area contributed by atoms with Crippen LogP contribution in [-0.4, -0.2) is 20.2 Å². The molecule has 0 aliphatic carbocycles. The predicted octanol–water partition coefficient (Wildman–Crippen LogP) is 3.01. The molecule has 0 heterocycles. The van der Waals surface area contributed by atoms with E-state index in [2.05, 4.69) is 15.6 Å². The SMILES string of the molecule is Cc1ccc(S(=O)(=O)Nc2cccc(C(=O)NNC(=O)c3ccccc3)c2)cc1F. The fraction of sp³-hybridized carbons (Fsp3) is 0.0476. The number of nitrogens with one attached hydrogen (secondary N) is 3. The average molecular weight is 427 g/mol. The molecule has 0 bridgehead atoms. The third kappa shape index (κ3) is 5.00. The van der Waals surface area contributed by atoms with Gasteiger partial charge in [0.1, 0.15) is 5.82 Å². The van der Waals surface area contributed by atoms with Crippen LogP contribution in [0, 0.1) is 12.7 Å². The second kappa shape index (κ2) is 8.75. The number of hydrazine groups is 1. The van der Waals surface area contributed by atoms with Crippen molar-refractivity contribution in [3.63, 3.8) is 0 Å². The van der Waals surface area contributed by atoms with Gasteiger partial charge in [-0.1, -0.05) is 30.3 Å². The summed E-state index contributed by atoms with van der Waals surface area (Å²) in [6.45, 7) is 1.53. The van der Waals surface area contributed by atoms with E-state index in [0.29, 0.717) is 11.1 Å². The number of benzene rings is 3. The lowest BCUT2D eigenvalue weighted by Gasteiger charge is -2.11. The highest BCUT2D eigenvalue weighted by molar-refractivity contribution is 7.92. The molecule has 0 fully saturated rings. The van der Waals surface area contributed by atoms with Crippen LogP contribution in [0.4, 0.5) is 10.1 Å². The summed E-state index contributed by atoms with van der Waals surface area (Å²) < 4.78 is 41.0. The van der Waals surface area contributed by atoms with Crippen molar-refractivity contribution >= 4 is 27.5 Å². The van der Waals surface area contributed by atoms with Gasteiger partial charge in [0.2, 0.25) is 0 Å². The van der Waals surface area contributed by atoms with Gasteiger partial charge in [0.15, 0.2) is 0 Å². The molecule has 0 aliphatic rings. The van der Waals surface area contributed by atoms with Gasteiger partial charge in [-0.15, -0.1) is 0 Å². The molecular formula is C21H18FN3O4S. The van der Waals surface area contributed by atoms with Gasteiger partial charge in [-0.3, -0.25) is 25.2 Å². The minimum Gasteiger partial charge on any atom is -0.280 e. The molecule has 0 aliphatic heterocycles. The van der Waals surface area contributed by atoms with E-state index >= 15 is 0 Å². The van der Waals surface area contributed by atoms with Crippen LogP contribution in [0.3, 0.4) is 0 Å². The number of aryl methyl sites for hydroxylation is 1. The summed E-state index contributed by atoms with van der Waals surface area (Å²) in [5.41, 5.74) is 5.46. The molecular weight excluding hydrogens is 409 g/mol. The Morgan fingerprint density at radius 3 is 2.10 bits per heavy atom. The van der Waals surface area contributed by atoms with Crippen molar-refractivity contribution < 1.29 is 22.4 Å². The van der Waals surface area contributed by atoms with Gasteiger partial charge in [0.25, 0.3) is 21.8 Å². The van der Waals surface area contributed by atoms with Crippen LogP contribution in [0.5, 0.6) is 0 Å². The lowest BCUT2D eigenvalue weighted by molar-refractivity contribution is 0.0846. The Bertz CT molecular complexity index is 1200. The second-order valence-electron chi connectivity index (χ2n) is 6.37. The molecule has 0 aromatic heterocycles. The van der Waals surface area contributed by atoms with Crippen LogP contribution in [-0.2, 0) is 10.0 Å². The number of carbonyl (C=O) groups excluding carboxylic acids is 2. The summed E-state index contributed by atoms with van der Waals surface area (Å²) in [4.78, 5) is 24.1. The fourth-order valence-electron chi connectivity index (χ4n) is 2.53. The maximum Gasteiger partial charge on any atom is 0.269 e. The van der Waals surface area contributed by atoms with Crippen LogP contribution >= 0.6 is 0 Å². The zero-order valence-electron chi connectivity index (χ0n) is 15.8. The summed E-state index contributed by atoms with van der Waals surface area (Å²) in [6.07, 6.45) is 0. The number of sulfonamides is 1. The zero-order valence-corrected chi connectivity index (χ0v) is 16.7. The first-order valence-corrected chi connectivity index (χ1v) is 10.3. The van der Waals surface area contributed by atoms with E-state index in [-0.39, 0.29) is 16.1 Å². The smallest absolute Gasteiger partial charge is 0.269 e. The van der Waals surface area contributed by atoms with Gasteiger partial charge in [-0.2, -0.15) is 0 Å². The maximum atomic E-state index is 13.7. The van der Waals surface area contributed by atoms with Crippen LogP contribution in [0.2, 0.25) is 0 Å². The number of halogens is 1. The van der Waals surface area contributed by atoms with E-state index in [0.717, 1.165) is 6.07 Å². The topological polar surface area (TPSA) is 104 Å². The molecule has 0 spiro atoms. The highest BCUT2D eigenvalue weighted by atomic mass is 32.2.